The van der Waals surface area contributed by atoms with Gasteiger partial charge in [-0.25, -0.2) is 4.39 Å². The summed E-state index contributed by atoms with van der Waals surface area (Å²) in [6.45, 7) is 4.02. The SMILES string of the molecule is COc1ccc(C(C)NC(C)c2ccccc2Br)c(F)c1. The first-order valence-electron chi connectivity index (χ1n) is 6.87. The van der Waals surface area contributed by atoms with E-state index >= 15 is 0 Å². The summed E-state index contributed by atoms with van der Waals surface area (Å²) in [6.07, 6.45) is 0. The number of benzene rings is 2. The number of ether oxygens (including phenoxy) is 1. The molecular weight excluding hydrogens is 333 g/mol. The average Bonchev–Trinajstić information content (AvgIpc) is 2.47. The summed E-state index contributed by atoms with van der Waals surface area (Å²) in [6, 6.07) is 13.0. The van der Waals surface area contributed by atoms with Crippen LogP contribution in [-0.2, 0) is 0 Å². The van der Waals surface area contributed by atoms with Gasteiger partial charge in [0.2, 0.25) is 0 Å². The van der Waals surface area contributed by atoms with Crippen LogP contribution in [0.1, 0.15) is 37.1 Å². The fraction of sp³-hybridized carbons (Fsp3) is 0.294. The Morgan fingerprint density at radius 1 is 1.05 bits per heavy atom. The molecule has 0 aliphatic carbocycles. The van der Waals surface area contributed by atoms with Gasteiger partial charge in [0.05, 0.1) is 7.11 Å². The molecule has 2 atom stereocenters. The number of hydrogen-bond acceptors (Lipinski definition) is 2. The summed E-state index contributed by atoms with van der Waals surface area (Å²) in [4.78, 5) is 0. The molecule has 0 amide bonds. The van der Waals surface area contributed by atoms with Crippen LogP contribution in [0.5, 0.6) is 5.75 Å². The Morgan fingerprint density at radius 3 is 2.33 bits per heavy atom. The van der Waals surface area contributed by atoms with Gasteiger partial charge < -0.3 is 10.1 Å². The van der Waals surface area contributed by atoms with E-state index in [1.54, 1.807) is 12.1 Å². The number of methoxy groups -OCH3 is 1. The zero-order chi connectivity index (χ0) is 15.4. The first kappa shape index (κ1) is 16.0. The van der Waals surface area contributed by atoms with E-state index in [0.29, 0.717) is 11.3 Å². The van der Waals surface area contributed by atoms with Crippen molar-refractivity contribution in [1.82, 2.24) is 5.32 Å². The predicted molar refractivity (Wildman–Crippen MR) is 87.1 cm³/mol. The highest BCUT2D eigenvalue weighted by Crippen LogP contribution is 2.27. The van der Waals surface area contributed by atoms with Crippen LogP contribution in [0.15, 0.2) is 46.9 Å². The van der Waals surface area contributed by atoms with Crippen LogP contribution in [-0.4, -0.2) is 7.11 Å². The number of rotatable bonds is 5. The number of nitrogens with one attached hydrogen (secondary N) is 1. The van der Waals surface area contributed by atoms with Gasteiger partial charge in [0.1, 0.15) is 11.6 Å². The Bertz CT molecular complexity index is 617. The van der Waals surface area contributed by atoms with E-state index in [1.807, 2.05) is 25.1 Å². The second kappa shape index (κ2) is 7.05. The molecule has 4 heteroatoms. The molecule has 21 heavy (non-hydrogen) atoms. The van der Waals surface area contributed by atoms with Gasteiger partial charge in [-0.1, -0.05) is 40.2 Å². The standard InChI is InChI=1S/C17H19BrFNO/c1-11(14-6-4-5-7-16(14)18)20-12(2)15-9-8-13(21-3)10-17(15)19/h4-12,20H,1-3H3. The van der Waals surface area contributed by atoms with Crippen molar-refractivity contribution in [2.45, 2.75) is 25.9 Å². The largest absolute Gasteiger partial charge is 0.497 e. The molecule has 2 unspecified atom stereocenters. The maximum absolute atomic E-state index is 14.1. The lowest BCUT2D eigenvalue weighted by atomic mass is 10.0. The first-order chi connectivity index (χ1) is 10.0. The summed E-state index contributed by atoms with van der Waals surface area (Å²) in [5.74, 6) is 0.274. The Kier molecular flexibility index (Phi) is 5.37. The summed E-state index contributed by atoms with van der Waals surface area (Å²) < 4.78 is 20.2. The van der Waals surface area contributed by atoms with Crippen LogP contribution in [0.2, 0.25) is 0 Å². The lowest BCUT2D eigenvalue weighted by Crippen LogP contribution is -2.23. The highest BCUT2D eigenvalue weighted by atomic mass is 79.9. The molecule has 0 heterocycles. The van der Waals surface area contributed by atoms with Crippen LogP contribution in [0.3, 0.4) is 0 Å². The summed E-state index contributed by atoms with van der Waals surface area (Å²) in [7, 11) is 1.53. The molecule has 112 valence electrons. The fourth-order valence-electron chi connectivity index (χ4n) is 2.37. The van der Waals surface area contributed by atoms with Crippen molar-refractivity contribution in [3.63, 3.8) is 0 Å². The molecule has 0 aliphatic heterocycles. The van der Waals surface area contributed by atoms with Crippen molar-refractivity contribution in [2.24, 2.45) is 0 Å². The summed E-state index contributed by atoms with van der Waals surface area (Å²) in [5, 5.41) is 3.42. The highest BCUT2D eigenvalue weighted by Gasteiger charge is 2.16. The Hall–Kier alpha value is -1.39. The summed E-state index contributed by atoms with van der Waals surface area (Å²) in [5.41, 5.74) is 1.79. The van der Waals surface area contributed by atoms with Gasteiger partial charge in [-0.2, -0.15) is 0 Å². The van der Waals surface area contributed by atoms with Crippen LogP contribution < -0.4 is 10.1 Å². The van der Waals surface area contributed by atoms with Crippen molar-refractivity contribution >= 4 is 15.9 Å². The normalized spacial score (nSPS) is 13.8. The minimum absolute atomic E-state index is 0.0991. The Labute approximate surface area is 133 Å². The van der Waals surface area contributed by atoms with Crippen molar-refractivity contribution < 1.29 is 9.13 Å². The molecule has 0 radical (unpaired) electrons. The Balaban J connectivity index is 2.14. The maximum atomic E-state index is 14.1. The van der Waals surface area contributed by atoms with Gasteiger partial charge in [-0.05, 0) is 31.5 Å². The number of halogens is 2. The van der Waals surface area contributed by atoms with E-state index in [9.17, 15) is 4.39 Å². The van der Waals surface area contributed by atoms with E-state index in [1.165, 1.54) is 13.2 Å². The second-order valence-corrected chi connectivity index (χ2v) is 5.87. The van der Waals surface area contributed by atoms with E-state index < -0.39 is 0 Å². The molecule has 2 nitrogen and oxygen atoms in total. The lowest BCUT2D eigenvalue weighted by Gasteiger charge is -2.22. The Morgan fingerprint density at radius 2 is 1.71 bits per heavy atom. The summed E-state index contributed by atoms with van der Waals surface area (Å²) >= 11 is 3.55. The molecule has 0 saturated heterocycles. The minimum atomic E-state index is -0.256. The third-order valence-electron chi connectivity index (χ3n) is 3.55. The van der Waals surface area contributed by atoms with Crippen molar-refractivity contribution in [2.75, 3.05) is 7.11 Å². The van der Waals surface area contributed by atoms with Crippen molar-refractivity contribution in [3.8, 4) is 5.75 Å². The van der Waals surface area contributed by atoms with Crippen molar-refractivity contribution in [3.05, 3.63) is 63.9 Å². The van der Waals surface area contributed by atoms with Crippen LogP contribution in [0.25, 0.3) is 0 Å². The van der Waals surface area contributed by atoms with E-state index in [4.69, 9.17) is 4.74 Å². The van der Waals surface area contributed by atoms with E-state index in [0.717, 1.165) is 10.0 Å². The van der Waals surface area contributed by atoms with Gasteiger partial charge in [0, 0.05) is 28.2 Å². The van der Waals surface area contributed by atoms with Gasteiger partial charge in [0.15, 0.2) is 0 Å². The molecule has 0 spiro atoms. The minimum Gasteiger partial charge on any atom is -0.497 e. The molecule has 0 saturated carbocycles. The van der Waals surface area contributed by atoms with E-state index in [2.05, 4.69) is 34.2 Å². The molecule has 2 aromatic rings. The molecule has 0 bridgehead atoms. The fourth-order valence-corrected chi connectivity index (χ4v) is 2.99. The zero-order valence-corrected chi connectivity index (χ0v) is 13.9. The zero-order valence-electron chi connectivity index (χ0n) is 12.4. The molecule has 0 fully saturated rings. The topological polar surface area (TPSA) is 21.3 Å². The predicted octanol–water partition coefficient (Wildman–Crippen LogP) is 5.01. The molecule has 2 aromatic carbocycles. The first-order valence-corrected chi connectivity index (χ1v) is 7.66. The monoisotopic (exact) mass is 351 g/mol. The van der Waals surface area contributed by atoms with Gasteiger partial charge in [0.25, 0.3) is 0 Å². The second-order valence-electron chi connectivity index (χ2n) is 5.02. The van der Waals surface area contributed by atoms with Gasteiger partial charge in [-0.3, -0.25) is 0 Å². The highest BCUT2D eigenvalue weighted by molar-refractivity contribution is 9.10. The quantitative estimate of drug-likeness (QED) is 0.817. The maximum Gasteiger partial charge on any atom is 0.131 e. The molecule has 0 aliphatic rings. The van der Waals surface area contributed by atoms with Gasteiger partial charge >= 0.3 is 0 Å². The third-order valence-corrected chi connectivity index (χ3v) is 4.27. The van der Waals surface area contributed by atoms with Crippen LogP contribution in [0.4, 0.5) is 4.39 Å². The molecule has 2 rings (SSSR count). The average molecular weight is 352 g/mol. The van der Waals surface area contributed by atoms with Crippen LogP contribution >= 0.6 is 15.9 Å². The lowest BCUT2D eigenvalue weighted by molar-refractivity contribution is 0.408. The van der Waals surface area contributed by atoms with Gasteiger partial charge in [-0.15, -0.1) is 0 Å². The third kappa shape index (κ3) is 3.83. The number of hydrogen-bond donors (Lipinski definition) is 1. The molecule has 0 aromatic heterocycles. The smallest absolute Gasteiger partial charge is 0.131 e. The molecule has 1 N–H and O–H groups in total. The molecular formula is C17H19BrFNO. The van der Waals surface area contributed by atoms with Crippen LogP contribution in [0, 0.1) is 5.82 Å². The van der Waals surface area contributed by atoms with E-state index in [-0.39, 0.29) is 17.9 Å². The van der Waals surface area contributed by atoms with Crippen molar-refractivity contribution in [1.29, 1.82) is 0 Å².